The van der Waals surface area contributed by atoms with Crippen molar-refractivity contribution in [1.82, 2.24) is 0 Å². The lowest BCUT2D eigenvalue weighted by molar-refractivity contribution is -0.368. The summed E-state index contributed by atoms with van der Waals surface area (Å²) in [7, 11) is 0. The van der Waals surface area contributed by atoms with Gasteiger partial charge in [0.1, 0.15) is 0 Å². The third-order valence-electron chi connectivity index (χ3n) is 2.95. The minimum absolute atomic E-state index is 0.0182. The highest BCUT2D eigenvalue weighted by molar-refractivity contribution is 7.44. The molecule has 1 aliphatic carbocycles. The lowest BCUT2D eigenvalue weighted by Gasteiger charge is -2.49. The summed E-state index contributed by atoms with van der Waals surface area (Å²) < 4.78 is 75.8. The molecule has 0 aromatic rings. The summed E-state index contributed by atoms with van der Waals surface area (Å²) in [6, 6.07) is 0.0182. The second-order valence-electron chi connectivity index (χ2n) is 4.43. The highest BCUT2D eigenvalue weighted by atomic mass is 35.7. The Morgan fingerprint density at radius 3 is 2.00 bits per heavy atom. The highest BCUT2D eigenvalue weighted by Gasteiger charge is 2.80. The van der Waals surface area contributed by atoms with E-state index in [1.807, 2.05) is 0 Å². The maximum Gasteiger partial charge on any atom is 0.428 e. The normalized spacial score (nSPS) is 33.4. The predicted molar refractivity (Wildman–Crippen MR) is 55.7 cm³/mol. The monoisotopic (exact) mass is 318 g/mol. The summed E-state index contributed by atoms with van der Waals surface area (Å²) >= 11 is 11.3. The van der Waals surface area contributed by atoms with Crippen LogP contribution in [0.25, 0.3) is 0 Å². The molecule has 1 aliphatic rings. The van der Waals surface area contributed by atoms with Crippen molar-refractivity contribution < 1.29 is 26.3 Å². The van der Waals surface area contributed by atoms with Crippen molar-refractivity contribution in [2.45, 2.75) is 43.2 Å². The molecule has 1 fully saturated rings. The molecule has 0 bridgehead atoms. The van der Waals surface area contributed by atoms with Gasteiger partial charge in [0.05, 0.1) is 0 Å². The van der Waals surface area contributed by atoms with Crippen molar-refractivity contribution in [2.24, 2.45) is 5.92 Å². The first-order valence-corrected chi connectivity index (χ1v) is 9.55. The fourth-order valence-corrected chi connectivity index (χ4v) is 3.32. The molecule has 0 aromatic carbocycles. The van der Waals surface area contributed by atoms with Gasteiger partial charge in [-0.25, -0.2) is 13.2 Å². The van der Waals surface area contributed by atoms with Crippen molar-refractivity contribution in [2.75, 3.05) is 0 Å². The van der Waals surface area contributed by atoms with Crippen molar-refractivity contribution in [1.29, 1.82) is 0 Å². The Bertz CT molecular complexity index is 299. The Morgan fingerprint density at radius 1 is 1.24 bits per heavy atom. The first kappa shape index (κ1) is 15.4. The zero-order valence-electron chi connectivity index (χ0n) is 8.72. The van der Waals surface area contributed by atoms with Gasteiger partial charge in [-0.2, -0.15) is 13.2 Å². The summed E-state index contributed by atoms with van der Waals surface area (Å²) in [5, 5.41) is 0. The number of rotatable bonds is 3. The maximum atomic E-state index is 13.2. The third-order valence-corrected chi connectivity index (χ3v) is 5.25. The minimum atomic E-state index is -5.55. The fraction of sp³-hybridized carbons (Fsp3) is 1.00. The van der Waals surface area contributed by atoms with E-state index >= 15 is 0 Å². The molecule has 2 atom stereocenters. The molecule has 0 aliphatic heterocycles. The van der Waals surface area contributed by atoms with E-state index in [0.717, 1.165) is 0 Å². The van der Waals surface area contributed by atoms with E-state index in [2.05, 4.69) is 0 Å². The number of hydrogen-bond donors (Lipinski definition) is 0. The zero-order valence-corrected chi connectivity index (χ0v) is 11.2. The Kier molecular flexibility index (Phi) is 3.81. The summed E-state index contributed by atoms with van der Waals surface area (Å²) in [6.07, 6.45) is -7.05. The molecule has 0 aromatic heterocycles. The van der Waals surface area contributed by atoms with Crippen LogP contribution in [0, 0.1) is 5.92 Å². The SMILES string of the molecule is C[Si](Cl)(Cl)CCC1CC(F)(C(F)(F)F)C1(F)F. The lowest BCUT2D eigenvalue weighted by Crippen LogP contribution is -2.68. The predicted octanol–water partition coefficient (Wildman–Crippen LogP) is 4.85. The number of halogens is 8. The molecule has 0 amide bonds. The molecule has 0 heterocycles. The van der Waals surface area contributed by atoms with Crippen LogP contribution in [0.4, 0.5) is 26.3 Å². The van der Waals surface area contributed by atoms with Gasteiger partial charge in [-0.05, 0) is 19.0 Å². The topological polar surface area (TPSA) is 0 Å². The molecule has 1 rings (SSSR count). The fourth-order valence-electron chi connectivity index (χ4n) is 1.81. The summed E-state index contributed by atoms with van der Waals surface area (Å²) in [6.45, 7) is -1.18. The van der Waals surface area contributed by atoms with E-state index in [0.29, 0.717) is 0 Å². The molecule has 0 nitrogen and oxygen atoms in total. The van der Waals surface area contributed by atoms with Gasteiger partial charge in [-0.1, -0.05) is 0 Å². The van der Waals surface area contributed by atoms with Crippen LogP contribution in [0.3, 0.4) is 0 Å². The molecule has 2 unspecified atom stereocenters. The van der Waals surface area contributed by atoms with Crippen LogP contribution < -0.4 is 0 Å². The second kappa shape index (κ2) is 4.20. The van der Waals surface area contributed by atoms with Crippen molar-refractivity contribution >= 4 is 28.9 Å². The second-order valence-corrected chi connectivity index (χ2v) is 12.7. The molecular formula is C8H10Cl2F6Si. The molecule has 0 saturated heterocycles. The van der Waals surface area contributed by atoms with Crippen LogP contribution in [0.2, 0.25) is 12.6 Å². The molecule has 0 spiro atoms. The largest absolute Gasteiger partial charge is 0.428 e. The Hall–Kier alpha value is 0.377. The van der Waals surface area contributed by atoms with Crippen LogP contribution in [-0.2, 0) is 0 Å². The smallest absolute Gasteiger partial charge is 0.227 e. The molecule has 0 N–H and O–H groups in total. The van der Waals surface area contributed by atoms with Gasteiger partial charge in [0.25, 0.3) is 11.6 Å². The average molecular weight is 319 g/mol. The van der Waals surface area contributed by atoms with Gasteiger partial charge in [0, 0.05) is 12.3 Å². The van der Waals surface area contributed by atoms with Crippen molar-refractivity contribution in [3.8, 4) is 0 Å². The van der Waals surface area contributed by atoms with E-state index in [1.165, 1.54) is 6.55 Å². The summed E-state index contributed by atoms with van der Waals surface area (Å²) in [5.74, 6) is -6.03. The van der Waals surface area contributed by atoms with Gasteiger partial charge in [-0.15, -0.1) is 22.2 Å². The van der Waals surface area contributed by atoms with Gasteiger partial charge < -0.3 is 0 Å². The molecular weight excluding hydrogens is 309 g/mol. The first-order chi connectivity index (χ1) is 7.31. The average Bonchev–Trinajstić information content (AvgIpc) is 2.07. The van der Waals surface area contributed by atoms with Crippen LogP contribution in [0.5, 0.6) is 0 Å². The van der Waals surface area contributed by atoms with E-state index in [9.17, 15) is 26.3 Å². The first-order valence-electron chi connectivity index (χ1n) is 4.82. The van der Waals surface area contributed by atoms with Gasteiger partial charge in [0.15, 0.2) is 0 Å². The van der Waals surface area contributed by atoms with Crippen LogP contribution >= 0.6 is 22.2 Å². The summed E-state index contributed by atoms with van der Waals surface area (Å²) in [4.78, 5) is 0. The molecule has 0 radical (unpaired) electrons. The van der Waals surface area contributed by atoms with E-state index in [1.54, 1.807) is 0 Å². The van der Waals surface area contributed by atoms with E-state index < -0.39 is 36.8 Å². The van der Waals surface area contributed by atoms with E-state index in [-0.39, 0.29) is 12.5 Å². The molecule has 1 saturated carbocycles. The Labute approximate surface area is 105 Å². The Morgan fingerprint density at radius 2 is 1.71 bits per heavy atom. The molecule has 17 heavy (non-hydrogen) atoms. The molecule has 102 valence electrons. The quantitative estimate of drug-likeness (QED) is 0.396. The number of alkyl halides is 6. The number of hydrogen-bond acceptors (Lipinski definition) is 0. The lowest BCUT2D eigenvalue weighted by atomic mass is 9.66. The minimum Gasteiger partial charge on any atom is -0.227 e. The van der Waals surface area contributed by atoms with Gasteiger partial charge in [0.2, 0.25) is 6.69 Å². The standard InChI is InChI=1S/C8H10Cl2F6Si/c1-17(9,10)3-2-5-4-6(11,7(5,12)13)8(14,15)16/h5H,2-4H2,1H3. The summed E-state index contributed by atoms with van der Waals surface area (Å²) in [5.41, 5.74) is -4.40. The van der Waals surface area contributed by atoms with Crippen LogP contribution in [0.1, 0.15) is 12.8 Å². The highest BCUT2D eigenvalue weighted by Crippen LogP contribution is 2.62. The van der Waals surface area contributed by atoms with Crippen molar-refractivity contribution in [3.63, 3.8) is 0 Å². The third kappa shape index (κ3) is 2.70. The van der Waals surface area contributed by atoms with Crippen LogP contribution in [-0.4, -0.2) is 24.5 Å². The van der Waals surface area contributed by atoms with Gasteiger partial charge >= 0.3 is 6.18 Å². The maximum absolute atomic E-state index is 13.2. The van der Waals surface area contributed by atoms with Crippen molar-refractivity contribution in [3.05, 3.63) is 0 Å². The van der Waals surface area contributed by atoms with Gasteiger partial charge in [-0.3, -0.25) is 0 Å². The zero-order chi connectivity index (χ0) is 13.7. The molecule has 9 heteroatoms. The van der Waals surface area contributed by atoms with E-state index in [4.69, 9.17) is 22.2 Å². The Balaban J connectivity index is 2.68. The van der Waals surface area contributed by atoms with Crippen LogP contribution in [0.15, 0.2) is 0 Å².